The fourth-order valence-electron chi connectivity index (χ4n) is 2.78. The van der Waals surface area contributed by atoms with Crippen molar-refractivity contribution >= 4 is 0 Å². The summed E-state index contributed by atoms with van der Waals surface area (Å²) in [5.74, 6) is -1.88. The summed E-state index contributed by atoms with van der Waals surface area (Å²) in [6, 6.07) is 4.80. The van der Waals surface area contributed by atoms with Crippen molar-refractivity contribution in [2.24, 2.45) is 5.92 Å². The van der Waals surface area contributed by atoms with Gasteiger partial charge in [-0.3, -0.25) is 0 Å². The van der Waals surface area contributed by atoms with Crippen molar-refractivity contribution in [1.29, 1.82) is 0 Å². The SMILES string of the molecule is FC(F)(CC1CCNC1)c1ccc2c(c1)CCO2. The molecule has 4 heteroatoms. The lowest BCUT2D eigenvalue weighted by Gasteiger charge is -2.20. The van der Waals surface area contributed by atoms with Crippen molar-refractivity contribution in [1.82, 2.24) is 5.32 Å². The van der Waals surface area contributed by atoms with Gasteiger partial charge in [-0.1, -0.05) is 0 Å². The summed E-state index contributed by atoms with van der Waals surface area (Å²) < 4.78 is 33.8. The van der Waals surface area contributed by atoms with Crippen LogP contribution in [0.2, 0.25) is 0 Å². The lowest BCUT2D eigenvalue weighted by Crippen LogP contribution is -2.20. The monoisotopic (exact) mass is 253 g/mol. The molecule has 1 aromatic carbocycles. The van der Waals surface area contributed by atoms with E-state index in [1.165, 1.54) is 6.07 Å². The zero-order valence-corrected chi connectivity index (χ0v) is 10.2. The largest absolute Gasteiger partial charge is 0.493 e. The second kappa shape index (κ2) is 4.50. The van der Waals surface area contributed by atoms with E-state index < -0.39 is 5.92 Å². The zero-order valence-electron chi connectivity index (χ0n) is 10.2. The molecule has 1 N–H and O–H groups in total. The van der Waals surface area contributed by atoms with Crippen molar-refractivity contribution in [2.45, 2.75) is 25.2 Å². The molecule has 1 aromatic rings. The van der Waals surface area contributed by atoms with Gasteiger partial charge < -0.3 is 10.1 Å². The molecule has 0 radical (unpaired) electrons. The molecule has 3 rings (SSSR count). The first kappa shape index (κ1) is 11.9. The number of rotatable bonds is 3. The number of fused-ring (bicyclic) bond motifs is 1. The molecular weight excluding hydrogens is 236 g/mol. The van der Waals surface area contributed by atoms with Crippen LogP contribution in [0.4, 0.5) is 8.78 Å². The van der Waals surface area contributed by atoms with Gasteiger partial charge in [0.05, 0.1) is 6.61 Å². The number of benzene rings is 1. The average molecular weight is 253 g/mol. The van der Waals surface area contributed by atoms with Gasteiger partial charge in [-0.25, -0.2) is 8.78 Å². The Balaban J connectivity index is 1.79. The Kier molecular flexibility index (Phi) is 2.98. The number of nitrogens with one attached hydrogen (secondary N) is 1. The number of halogens is 2. The topological polar surface area (TPSA) is 21.3 Å². The molecule has 0 bridgehead atoms. The molecule has 2 heterocycles. The Morgan fingerprint density at radius 2 is 2.28 bits per heavy atom. The second-order valence-electron chi connectivity index (χ2n) is 5.19. The van der Waals surface area contributed by atoms with Crippen LogP contribution in [0.25, 0.3) is 0 Å². The molecule has 0 spiro atoms. The van der Waals surface area contributed by atoms with Crippen LogP contribution in [0, 0.1) is 5.92 Å². The fourth-order valence-corrected chi connectivity index (χ4v) is 2.78. The van der Waals surface area contributed by atoms with Crippen LogP contribution in [0.5, 0.6) is 5.75 Å². The molecule has 18 heavy (non-hydrogen) atoms. The summed E-state index contributed by atoms with van der Waals surface area (Å²) in [5.41, 5.74) is 1.05. The van der Waals surface area contributed by atoms with Crippen molar-refractivity contribution in [3.63, 3.8) is 0 Å². The van der Waals surface area contributed by atoms with Gasteiger partial charge in [0.15, 0.2) is 0 Å². The van der Waals surface area contributed by atoms with E-state index in [1.54, 1.807) is 12.1 Å². The van der Waals surface area contributed by atoms with Crippen LogP contribution >= 0.6 is 0 Å². The Hall–Kier alpha value is -1.16. The van der Waals surface area contributed by atoms with Gasteiger partial charge in [0.25, 0.3) is 5.92 Å². The Bertz CT molecular complexity index is 441. The average Bonchev–Trinajstić information content (AvgIpc) is 2.97. The summed E-state index contributed by atoms with van der Waals surface area (Å²) in [6.45, 7) is 2.18. The van der Waals surface area contributed by atoms with E-state index in [4.69, 9.17) is 4.74 Å². The molecule has 2 aliphatic rings. The van der Waals surface area contributed by atoms with E-state index >= 15 is 0 Å². The first-order chi connectivity index (χ1) is 8.65. The number of ether oxygens (including phenoxy) is 1. The van der Waals surface area contributed by atoms with Crippen LogP contribution < -0.4 is 10.1 Å². The number of alkyl halides is 2. The van der Waals surface area contributed by atoms with E-state index in [0.29, 0.717) is 13.2 Å². The predicted octanol–water partition coefficient (Wildman–Crippen LogP) is 2.71. The third-order valence-corrected chi connectivity index (χ3v) is 3.82. The first-order valence-corrected chi connectivity index (χ1v) is 6.50. The van der Waals surface area contributed by atoms with Crippen molar-refractivity contribution in [3.8, 4) is 5.75 Å². The van der Waals surface area contributed by atoms with Gasteiger partial charge in [-0.2, -0.15) is 0 Å². The fraction of sp³-hybridized carbons (Fsp3) is 0.571. The summed E-state index contributed by atoms with van der Waals surface area (Å²) in [5, 5.41) is 3.13. The Labute approximate surface area is 105 Å². The van der Waals surface area contributed by atoms with Crippen LogP contribution in [0.15, 0.2) is 18.2 Å². The molecule has 0 amide bonds. The number of hydrogen-bond donors (Lipinski definition) is 1. The Morgan fingerprint density at radius 1 is 1.39 bits per heavy atom. The molecule has 1 unspecified atom stereocenters. The second-order valence-corrected chi connectivity index (χ2v) is 5.19. The molecule has 2 aliphatic heterocycles. The van der Waals surface area contributed by atoms with E-state index in [0.717, 1.165) is 30.7 Å². The summed E-state index contributed by atoms with van der Waals surface area (Å²) in [4.78, 5) is 0. The molecule has 1 fully saturated rings. The van der Waals surface area contributed by atoms with Crippen molar-refractivity contribution in [2.75, 3.05) is 19.7 Å². The highest BCUT2D eigenvalue weighted by Crippen LogP contribution is 2.39. The highest BCUT2D eigenvalue weighted by atomic mass is 19.3. The molecule has 1 saturated heterocycles. The summed E-state index contributed by atoms with van der Waals surface area (Å²) in [6.07, 6.45) is 1.54. The van der Waals surface area contributed by atoms with Crippen molar-refractivity contribution < 1.29 is 13.5 Å². The summed E-state index contributed by atoms with van der Waals surface area (Å²) in [7, 11) is 0. The smallest absolute Gasteiger partial charge is 0.273 e. The predicted molar refractivity (Wildman–Crippen MR) is 65.1 cm³/mol. The normalized spacial score (nSPS) is 22.9. The Morgan fingerprint density at radius 3 is 3.06 bits per heavy atom. The van der Waals surface area contributed by atoms with E-state index in [2.05, 4.69) is 5.32 Å². The maximum atomic E-state index is 14.2. The molecular formula is C14H17F2NO. The van der Waals surface area contributed by atoms with Gasteiger partial charge in [0.1, 0.15) is 5.75 Å². The molecule has 0 aliphatic carbocycles. The van der Waals surface area contributed by atoms with E-state index in [9.17, 15) is 8.78 Å². The molecule has 1 atom stereocenters. The van der Waals surface area contributed by atoms with E-state index in [1.807, 2.05) is 0 Å². The lowest BCUT2D eigenvalue weighted by molar-refractivity contribution is -0.0268. The van der Waals surface area contributed by atoms with Gasteiger partial charge >= 0.3 is 0 Å². The lowest BCUT2D eigenvalue weighted by atomic mass is 9.94. The molecule has 0 aromatic heterocycles. The zero-order chi connectivity index (χ0) is 12.6. The minimum Gasteiger partial charge on any atom is -0.493 e. The maximum absolute atomic E-state index is 14.2. The standard InChI is InChI=1S/C14H17F2NO/c15-14(16,8-10-3-5-17-9-10)12-1-2-13-11(7-12)4-6-18-13/h1-2,7,10,17H,3-6,8-9H2. The van der Waals surface area contributed by atoms with Crippen LogP contribution in [-0.2, 0) is 12.3 Å². The molecule has 0 saturated carbocycles. The van der Waals surface area contributed by atoms with Crippen molar-refractivity contribution in [3.05, 3.63) is 29.3 Å². The van der Waals surface area contributed by atoms with Gasteiger partial charge in [-0.05, 0) is 49.2 Å². The van der Waals surface area contributed by atoms with Gasteiger partial charge in [0, 0.05) is 18.4 Å². The molecule has 2 nitrogen and oxygen atoms in total. The third-order valence-electron chi connectivity index (χ3n) is 3.82. The third kappa shape index (κ3) is 2.21. The quantitative estimate of drug-likeness (QED) is 0.894. The van der Waals surface area contributed by atoms with Crippen LogP contribution in [0.3, 0.4) is 0 Å². The minimum atomic E-state index is -2.73. The van der Waals surface area contributed by atoms with Gasteiger partial charge in [0.2, 0.25) is 0 Å². The van der Waals surface area contributed by atoms with Gasteiger partial charge in [-0.15, -0.1) is 0 Å². The maximum Gasteiger partial charge on any atom is 0.273 e. The highest BCUT2D eigenvalue weighted by Gasteiger charge is 2.36. The van der Waals surface area contributed by atoms with E-state index in [-0.39, 0.29) is 17.9 Å². The van der Waals surface area contributed by atoms with Crippen LogP contribution in [0.1, 0.15) is 24.0 Å². The minimum absolute atomic E-state index is 0.0559. The summed E-state index contributed by atoms with van der Waals surface area (Å²) >= 11 is 0. The molecule has 98 valence electrons. The van der Waals surface area contributed by atoms with Crippen LogP contribution in [-0.4, -0.2) is 19.7 Å². The highest BCUT2D eigenvalue weighted by molar-refractivity contribution is 5.41. The first-order valence-electron chi connectivity index (χ1n) is 6.50. The number of hydrogen-bond acceptors (Lipinski definition) is 2.